The van der Waals surface area contributed by atoms with Gasteiger partial charge in [-0.05, 0) is 25.5 Å². The number of nitro benzene ring substituents is 1. The normalized spacial score (nSPS) is 9.86. The lowest BCUT2D eigenvalue weighted by Gasteiger charge is -2.02. The van der Waals surface area contributed by atoms with Gasteiger partial charge in [-0.2, -0.15) is 0 Å². The number of nitrogens with zero attached hydrogens (tertiary/aromatic N) is 1. The van der Waals surface area contributed by atoms with E-state index in [-0.39, 0.29) is 11.3 Å². The predicted molar refractivity (Wildman–Crippen MR) is 49.5 cm³/mol. The first-order chi connectivity index (χ1) is 6.43. The molecule has 14 heavy (non-hydrogen) atoms. The molecule has 0 atom stereocenters. The molecule has 0 heterocycles. The van der Waals surface area contributed by atoms with Crippen LogP contribution >= 0.6 is 0 Å². The van der Waals surface area contributed by atoms with Gasteiger partial charge in [0.1, 0.15) is 0 Å². The van der Waals surface area contributed by atoms with Crippen molar-refractivity contribution in [3.63, 3.8) is 0 Å². The van der Waals surface area contributed by atoms with E-state index in [9.17, 15) is 14.9 Å². The highest BCUT2D eigenvalue weighted by molar-refractivity contribution is 5.90. The molecule has 0 saturated heterocycles. The maximum Gasteiger partial charge on any atom is 0.336 e. The zero-order valence-corrected chi connectivity index (χ0v) is 7.77. The molecule has 1 rings (SSSR count). The highest BCUT2D eigenvalue weighted by Gasteiger charge is 2.16. The number of aryl methyl sites for hydroxylation is 2. The molecule has 74 valence electrons. The van der Waals surface area contributed by atoms with Crippen LogP contribution < -0.4 is 0 Å². The van der Waals surface area contributed by atoms with E-state index in [2.05, 4.69) is 0 Å². The molecular formula is C9H9NO4. The monoisotopic (exact) mass is 195 g/mol. The van der Waals surface area contributed by atoms with Crippen LogP contribution in [0.25, 0.3) is 0 Å². The Hall–Kier alpha value is -1.91. The third-order valence-electron chi connectivity index (χ3n) is 1.97. The average Bonchev–Trinajstić information content (AvgIpc) is 2.02. The predicted octanol–water partition coefficient (Wildman–Crippen LogP) is 1.91. The molecule has 0 unspecified atom stereocenters. The van der Waals surface area contributed by atoms with E-state index in [0.717, 1.165) is 6.07 Å². The van der Waals surface area contributed by atoms with E-state index in [1.54, 1.807) is 13.8 Å². The highest BCUT2D eigenvalue weighted by Crippen LogP contribution is 2.22. The highest BCUT2D eigenvalue weighted by atomic mass is 16.6. The Morgan fingerprint density at radius 3 is 2.36 bits per heavy atom. The molecule has 0 bridgehead atoms. The number of carbonyl (C=O) groups is 1. The zero-order valence-electron chi connectivity index (χ0n) is 7.77. The lowest BCUT2D eigenvalue weighted by Crippen LogP contribution is -2.02. The Balaban J connectivity index is 3.42. The summed E-state index contributed by atoms with van der Waals surface area (Å²) < 4.78 is 0. The summed E-state index contributed by atoms with van der Waals surface area (Å²) in [6, 6.07) is 2.59. The minimum absolute atomic E-state index is 0.0256. The first kappa shape index (κ1) is 10.2. The van der Waals surface area contributed by atoms with Crippen LogP contribution in [0, 0.1) is 24.0 Å². The number of aromatic carboxylic acids is 1. The van der Waals surface area contributed by atoms with Crippen molar-refractivity contribution in [3.05, 3.63) is 38.9 Å². The summed E-state index contributed by atoms with van der Waals surface area (Å²) in [6.07, 6.45) is 0. The summed E-state index contributed by atoms with van der Waals surface area (Å²) in [5.41, 5.74) is 0.813. The topological polar surface area (TPSA) is 80.4 Å². The SMILES string of the molecule is Cc1cc(C)c([N+](=O)[O-])cc1C(=O)O. The molecule has 0 saturated carbocycles. The van der Waals surface area contributed by atoms with Gasteiger partial charge in [0.05, 0.1) is 10.5 Å². The largest absolute Gasteiger partial charge is 0.478 e. The molecule has 0 aliphatic carbocycles. The molecule has 0 fully saturated rings. The summed E-state index contributed by atoms with van der Waals surface area (Å²) in [5.74, 6) is -1.15. The van der Waals surface area contributed by atoms with Gasteiger partial charge < -0.3 is 5.11 Å². The molecule has 5 nitrogen and oxygen atoms in total. The van der Waals surface area contributed by atoms with Crippen molar-refractivity contribution in [2.75, 3.05) is 0 Å². The summed E-state index contributed by atoms with van der Waals surface area (Å²) in [6.45, 7) is 3.19. The van der Waals surface area contributed by atoms with Crippen LogP contribution in [0.4, 0.5) is 5.69 Å². The van der Waals surface area contributed by atoms with Crippen LogP contribution in [0.2, 0.25) is 0 Å². The van der Waals surface area contributed by atoms with Gasteiger partial charge in [-0.3, -0.25) is 10.1 Å². The third kappa shape index (κ3) is 1.71. The average molecular weight is 195 g/mol. The van der Waals surface area contributed by atoms with E-state index in [1.165, 1.54) is 6.07 Å². The molecule has 1 N–H and O–H groups in total. The van der Waals surface area contributed by atoms with Gasteiger partial charge in [0, 0.05) is 11.6 Å². The van der Waals surface area contributed by atoms with E-state index < -0.39 is 10.9 Å². The number of hydrogen-bond acceptors (Lipinski definition) is 3. The molecule has 5 heteroatoms. The van der Waals surface area contributed by atoms with Crippen molar-refractivity contribution in [3.8, 4) is 0 Å². The molecule has 0 spiro atoms. The van der Waals surface area contributed by atoms with E-state index in [0.29, 0.717) is 11.1 Å². The second-order valence-corrected chi connectivity index (χ2v) is 3.02. The molecule has 0 aromatic heterocycles. The molecule has 0 aliphatic heterocycles. The molecule has 0 radical (unpaired) electrons. The Kier molecular flexibility index (Phi) is 2.51. The summed E-state index contributed by atoms with van der Waals surface area (Å²) in [4.78, 5) is 20.6. The number of hydrogen-bond donors (Lipinski definition) is 1. The maximum absolute atomic E-state index is 10.7. The van der Waals surface area contributed by atoms with E-state index >= 15 is 0 Å². The second-order valence-electron chi connectivity index (χ2n) is 3.02. The van der Waals surface area contributed by atoms with Crippen molar-refractivity contribution in [2.45, 2.75) is 13.8 Å². The Labute approximate surface area is 80.1 Å². The quantitative estimate of drug-likeness (QED) is 0.577. The summed E-state index contributed by atoms with van der Waals surface area (Å²) in [5, 5.41) is 19.3. The van der Waals surface area contributed by atoms with Gasteiger partial charge in [0.2, 0.25) is 0 Å². The van der Waals surface area contributed by atoms with Crippen LogP contribution in [-0.2, 0) is 0 Å². The Morgan fingerprint density at radius 2 is 1.93 bits per heavy atom. The van der Waals surface area contributed by atoms with Crippen LogP contribution in [-0.4, -0.2) is 16.0 Å². The van der Waals surface area contributed by atoms with Gasteiger partial charge in [-0.25, -0.2) is 4.79 Å². The van der Waals surface area contributed by atoms with Crippen molar-refractivity contribution < 1.29 is 14.8 Å². The minimum Gasteiger partial charge on any atom is -0.478 e. The zero-order chi connectivity index (χ0) is 10.9. The lowest BCUT2D eigenvalue weighted by atomic mass is 10.0. The molecule has 0 amide bonds. The van der Waals surface area contributed by atoms with E-state index in [4.69, 9.17) is 5.11 Å². The molecule has 1 aromatic carbocycles. The van der Waals surface area contributed by atoms with Gasteiger partial charge in [-0.15, -0.1) is 0 Å². The fraction of sp³-hybridized carbons (Fsp3) is 0.222. The van der Waals surface area contributed by atoms with Crippen LogP contribution in [0.3, 0.4) is 0 Å². The molecular weight excluding hydrogens is 186 g/mol. The van der Waals surface area contributed by atoms with Gasteiger partial charge >= 0.3 is 5.97 Å². The minimum atomic E-state index is -1.15. The van der Waals surface area contributed by atoms with E-state index in [1.807, 2.05) is 0 Å². The summed E-state index contributed by atoms with van der Waals surface area (Å²) in [7, 11) is 0. The number of benzene rings is 1. The third-order valence-corrected chi connectivity index (χ3v) is 1.97. The fourth-order valence-corrected chi connectivity index (χ4v) is 1.27. The van der Waals surface area contributed by atoms with Crippen LogP contribution in [0.1, 0.15) is 21.5 Å². The number of carboxylic acids is 1. The first-order valence-electron chi connectivity index (χ1n) is 3.92. The smallest absolute Gasteiger partial charge is 0.336 e. The first-order valence-corrected chi connectivity index (χ1v) is 3.92. The fourth-order valence-electron chi connectivity index (χ4n) is 1.27. The van der Waals surface area contributed by atoms with Gasteiger partial charge in [0.25, 0.3) is 5.69 Å². The van der Waals surface area contributed by atoms with Crippen LogP contribution in [0.15, 0.2) is 12.1 Å². The lowest BCUT2D eigenvalue weighted by molar-refractivity contribution is -0.385. The number of rotatable bonds is 2. The number of nitro groups is 1. The molecule has 0 aliphatic rings. The maximum atomic E-state index is 10.7. The summed E-state index contributed by atoms with van der Waals surface area (Å²) >= 11 is 0. The standard InChI is InChI=1S/C9H9NO4/c1-5-3-6(2)8(10(13)14)4-7(5)9(11)12/h3-4H,1-2H3,(H,11,12). The van der Waals surface area contributed by atoms with Crippen molar-refractivity contribution in [1.29, 1.82) is 0 Å². The number of carboxylic acid groups (broad SMARTS) is 1. The Bertz CT molecular complexity index is 376. The second kappa shape index (κ2) is 3.45. The van der Waals surface area contributed by atoms with Crippen molar-refractivity contribution >= 4 is 11.7 Å². The van der Waals surface area contributed by atoms with Gasteiger partial charge in [-0.1, -0.05) is 0 Å². The Morgan fingerprint density at radius 1 is 1.36 bits per heavy atom. The van der Waals surface area contributed by atoms with Gasteiger partial charge in [0.15, 0.2) is 0 Å². The molecule has 1 aromatic rings. The van der Waals surface area contributed by atoms with Crippen molar-refractivity contribution in [1.82, 2.24) is 0 Å². The van der Waals surface area contributed by atoms with Crippen molar-refractivity contribution in [2.24, 2.45) is 0 Å². The van der Waals surface area contributed by atoms with Crippen LogP contribution in [0.5, 0.6) is 0 Å².